The van der Waals surface area contributed by atoms with Gasteiger partial charge in [-0.3, -0.25) is 4.57 Å². The molecule has 0 atom stereocenters. The lowest BCUT2D eigenvalue weighted by Gasteiger charge is -2.34. The molecule has 0 fully saturated rings. The van der Waals surface area contributed by atoms with Crippen molar-refractivity contribution >= 4 is 87.2 Å². The first-order valence-corrected chi connectivity index (χ1v) is 30.5. The third-order valence-corrected chi connectivity index (χ3v) is 19.8. The maximum atomic E-state index is 5.50. The Hall–Kier alpha value is -11.2. The summed E-state index contributed by atoms with van der Waals surface area (Å²) in [7, 11) is 0. The Bertz CT molecular complexity index is 5870. The van der Waals surface area contributed by atoms with E-state index in [0.717, 1.165) is 44.4 Å². The van der Waals surface area contributed by atoms with Crippen LogP contribution in [-0.2, 0) is 10.8 Å². The van der Waals surface area contributed by atoms with Gasteiger partial charge in [0.15, 0.2) is 11.6 Å². The topological polar surface area (TPSA) is 58.4 Å². The summed E-state index contributed by atoms with van der Waals surface area (Å²) >= 11 is 0. The van der Waals surface area contributed by atoms with Crippen LogP contribution < -0.4 is 0 Å². The van der Waals surface area contributed by atoms with E-state index in [1.807, 2.05) is 18.2 Å². The molecule has 6 heterocycles. The van der Waals surface area contributed by atoms with Crippen LogP contribution in [0.2, 0.25) is 0 Å². The zero-order chi connectivity index (χ0) is 58.3. The largest absolute Gasteiger partial charge is 0.309 e. The first kappa shape index (κ1) is 49.1. The summed E-state index contributed by atoms with van der Waals surface area (Å²) in [6.45, 7) is 9.52. The van der Waals surface area contributed by atoms with Crippen LogP contribution in [0.4, 0.5) is 0 Å². The van der Waals surface area contributed by atoms with Crippen LogP contribution in [-0.4, -0.2) is 33.2 Å². The molecule has 0 N–H and O–H groups in total. The molecule has 7 nitrogen and oxygen atoms in total. The lowest BCUT2D eigenvalue weighted by atomic mass is 9.75. The van der Waals surface area contributed by atoms with Crippen molar-refractivity contribution in [2.45, 2.75) is 38.5 Å². The molecular weight excluding hydrogens is 1070 g/mol. The molecule has 19 rings (SSSR count). The number of hydrogen-bond acceptors (Lipinski definition) is 3. The first-order valence-electron chi connectivity index (χ1n) is 30.5. The van der Waals surface area contributed by atoms with Gasteiger partial charge in [-0.1, -0.05) is 198 Å². The van der Waals surface area contributed by atoms with Gasteiger partial charge < -0.3 is 13.7 Å². The molecule has 5 aromatic heterocycles. The van der Waals surface area contributed by atoms with Gasteiger partial charge in [0.1, 0.15) is 0 Å². The van der Waals surface area contributed by atoms with Crippen molar-refractivity contribution < 1.29 is 0 Å². The van der Waals surface area contributed by atoms with Crippen LogP contribution in [0.25, 0.3) is 155 Å². The van der Waals surface area contributed by atoms with Crippen LogP contribution in [0.1, 0.15) is 49.9 Å². The van der Waals surface area contributed by atoms with Gasteiger partial charge in [0.05, 0.1) is 49.8 Å². The predicted octanol–water partition coefficient (Wildman–Crippen LogP) is 20.2. The second kappa shape index (κ2) is 17.7. The Kier molecular flexibility index (Phi) is 9.90. The van der Waals surface area contributed by atoms with Crippen LogP contribution >= 0.6 is 0 Å². The van der Waals surface area contributed by atoms with Gasteiger partial charge in [-0.05, 0) is 136 Å². The van der Waals surface area contributed by atoms with E-state index in [-0.39, 0.29) is 10.8 Å². The Morgan fingerprint density at radius 3 is 1.43 bits per heavy atom. The number of hydrogen-bond donors (Lipinski definition) is 0. The Morgan fingerprint density at radius 1 is 0.273 bits per heavy atom. The summed E-state index contributed by atoms with van der Waals surface area (Å²) in [6.07, 6.45) is 0. The van der Waals surface area contributed by atoms with E-state index in [0.29, 0.717) is 17.6 Å². The normalized spacial score (nSPS) is 13.9. The molecule has 414 valence electrons. The molecule has 0 saturated heterocycles. The zero-order valence-electron chi connectivity index (χ0n) is 49.0. The van der Waals surface area contributed by atoms with Gasteiger partial charge in [-0.15, -0.1) is 0 Å². The van der Waals surface area contributed by atoms with E-state index in [4.69, 9.17) is 15.0 Å². The minimum Gasteiger partial charge on any atom is -0.309 e. The van der Waals surface area contributed by atoms with Crippen molar-refractivity contribution in [3.05, 3.63) is 283 Å². The van der Waals surface area contributed by atoms with Crippen LogP contribution in [0.5, 0.6) is 0 Å². The maximum absolute atomic E-state index is 5.50. The second-order valence-electron chi connectivity index (χ2n) is 25.2. The van der Waals surface area contributed by atoms with Crippen molar-refractivity contribution in [1.82, 2.24) is 33.2 Å². The van der Waals surface area contributed by atoms with Crippen molar-refractivity contribution in [2.24, 2.45) is 0 Å². The molecule has 2 aliphatic rings. The van der Waals surface area contributed by atoms with E-state index in [9.17, 15) is 0 Å². The molecule has 0 radical (unpaired) electrons. The van der Waals surface area contributed by atoms with E-state index >= 15 is 0 Å². The minimum atomic E-state index is -0.263. The van der Waals surface area contributed by atoms with Crippen molar-refractivity contribution in [3.63, 3.8) is 0 Å². The van der Waals surface area contributed by atoms with Crippen molar-refractivity contribution in [1.29, 1.82) is 0 Å². The Morgan fingerprint density at radius 2 is 0.739 bits per heavy atom. The first-order chi connectivity index (χ1) is 43.2. The zero-order valence-corrected chi connectivity index (χ0v) is 49.0. The second-order valence-corrected chi connectivity index (χ2v) is 25.2. The highest BCUT2D eigenvalue weighted by Crippen LogP contribution is 2.54. The predicted molar refractivity (Wildman–Crippen MR) is 363 cm³/mol. The number of fused-ring (bicyclic) bond motifs is 18. The third-order valence-electron chi connectivity index (χ3n) is 19.8. The summed E-state index contributed by atoms with van der Waals surface area (Å²) in [5.74, 6) is 1.77. The highest BCUT2D eigenvalue weighted by Gasteiger charge is 2.39. The molecule has 0 spiro atoms. The fourth-order valence-corrected chi connectivity index (χ4v) is 15.7. The number of para-hydroxylation sites is 6. The summed E-state index contributed by atoms with van der Waals surface area (Å²) < 4.78 is 9.66. The smallest absolute Gasteiger partial charge is 0.238 e. The molecule has 12 aromatic carbocycles. The number of aromatic nitrogens is 7. The molecular formula is C81H55N7. The molecule has 7 heteroatoms. The summed E-state index contributed by atoms with van der Waals surface area (Å²) in [5.41, 5.74) is 24.3. The average molecular weight is 1130 g/mol. The van der Waals surface area contributed by atoms with Crippen LogP contribution in [0.3, 0.4) is 0 Å². The summed E-state index contributed by atoms with van der Waals surface area (Å²) in [6, 6.07) is 95.5. The maximum Gasteiger partial charge on any atom is 0.238 e. The quantitative estimate of drug-likeness (QED) is 0.167. The highest BCUT2D eigenvalue weighted by molar-refractivity contribution is 6.29. The van der Waals surface area contributed by atoms with Crippen molar-refractivity contribution in [3.8, 4) is 68.0 Å². The van der Waals surface area contributed by atoms with Crippen LogP contribution in [0, 0.1) is 0 Å². The fourth-order valence-electron chi connectivity index (χ4n) is 15.7. The lowest BCUT2D eigenvalue weighted by Crippen LogP contribution is -2.26. The molecule has 17 aromatic rings. The summed E-state index contributed by atoms with van der Waals surface area (Å²) in [4.78, 5) is 16.2. The van der Waals surface area contributed by atoms with Crippen LogP contribution in [0.15, 0.2) is 261 Å². The number of benzene rings is 12. The standard InChI is InChI=1S/C81H55N7/c1-80(2)62-34-14-18-39-69(62)87-70-40-41-71-74(75(70)57-33-21-35-63(80)76(57)87)56-32-13-17-38-68(56)88(71)79-83-77(48-22-7-5-8-23-48)82-78(84-79)51-26-19-24-49(42-51)50-25-20-29-53(43-50)86-67-37-16-12-31-55(67)61-45-59-58-44-60-54-30-11-15-36-66(54)85(52-27-9-6-10-28-52)72(60)46-64(58)81(3,4)65(59)47-73(61)86/h5-47H,1-4H3. The molecule has 1 aliphatic carbocycles. The van der Waals surface area contributed by atoms with E-state index in [2.05, 4.69) is 289 Å². The molecule has 1 aliphatic heterocycles. The average Bonchev–Trinajstić information content (AvgIpc) is 1.53. The summed E-state index contributed by atoms with van der Waals surface area (Å²) in [5, 5.41) is 9.81. The molecule has 0 amide bonds. The number of nitrogens with zero attached hydrogens (tertiary/aromatic N) is 7. The van der Waals surface area contributed by atoms with Crippen molar-refractivity contribution in [2.75, 3.05) is 0 Å². The Labute approximate surface area is 507 Å². The lowest BCUT2D eigenvalue weighted by molar-refractivity contribution is 0.630. The van der Waals surface area contributed by atoms with Gasteiger partial charge >= 0.3 is 0 Å². The van der Waals surface area contributed by atoms with Gasteiger partial charge in [-0.2, -0.15) is 9.97 Å². The monoisotopic (exact) mass is 1130 g/mol. The molecule has 0 saturated carbocycles. The molecule has 88 heavy (non-hydrogen) atoms. The van der Waals surface area contributed by atoms with E-state index in [1.54, 1.807) is 0 Å². The fraction of sp³-hybridized carbons (Fsp3) is 0.0741. The minimum absolute atomic E-state index is 0.176. The highest BCUT2D eigenvalue weighted by atomic mass is 15.2. The van der Waals surface area contributed by atoms with E-state index < -0.39 is 0 Å². The molecule has 0 unspecified atom stereocenters. The van der Waals surface area contributed by atoms with Gasteiger partial charge in [0, 0.05) is 76.4 Å². The SMILES string of the molecule is CC1(C)c2cc3c(cc2-c2cc4c5ccccc5n(-c5cccc(-c6cccc(-c7nc(-c8ccccc8)nc(-n8c9ccccc9c9c%10c%11cccc%12c%11n(c%10ccc98)-c8ccccc8C%12(C)C)n7)c6)c5)c4cc21)c1ccccc1n3-c1ccccc1. The van der Waals surface area contributed by atoms with E-state index in [1.165, 1.54) is 116 Å². The number of rotatable bonds is 6. The Balaban J connectivity index is 0.756. The molecule has 0 bridgehead atoms. The van der Waals surface area contributed by atoms with Gasteiger partial charge in [0.2, 0.25) is 5.95 Å². The van der Waals surface area contributed by atoms with Gasteiger partial charge in [-0.25, -0.2) is 4.98 Å². The van der Waals surface area contributed by atoms with Gasteiger partial charge in [0.25, 0.3) is 0 Å². The third kappa shape index (κ3) is 6.65.